The molecule has 7 N–H and O–H groups in total. The second-order valence-electron chi connectivity index (χ2n) is 22.0. The minimum atomic E-state index is -1.53. The van der Waals surface area contributed by atoms with Crippen molar-refractivity contribution in [3.05, 3.63) is 35.4 Å². The zero-order chi connectivity index (χ0) is 44.4. The Balaban J connectivity index is 1.20. The monoisotopic (exact) mass is 897 g/mol. The van der Waals surface area contributed by atoms with E-state index in [0.29, 0.717) is 81.5 Å². The van der Waals surface area contributed by atoms with Gasteiger partial charge in [0.15, 0.2) is 5.78 Å². The van der Waals surface area contributed by atoms with Crippen molar-refractivity contribution in [2.75, 3.05) is 18.1 Å². The summed E-state index contributed by atoms with van der Waals surface area (Å²) in [5.74, 6) is -0.559. The number of ether oxygens (including phenoxy) is 1. The molecule has 4 saturated carbocycles. The van der Waals surface area contributed by atoms with Crippen molar-refractivity contribution in [1.29, 1.82) is 0 Å². The molecule has 16 atom stereocenters. The van der Waals surface area contributed by atoms with Crippen LogP contribution in [0.15, 0.2) is 29.8 Å². The van der Waals surface area contributed by atoms with E-state index in [1.54, 1.807) is 18.2 Å². The second kappa shape index (κ2) is 16.0. The van der Waals surface area contributed by atoms with E-state index >= 15 is 9.59 Å². The quantitative estimate of drug-likeness (QED) is 0.117. The summed E-state index contributed by atoms with van der Waals surface area (Å²) in [6.07, 6.45) is 6.55. The van der Waals surface area contributed by atoms with Crippen LogP contribution in [0.1, 0.15) is 130 Å². The number of aryl methyl sites for hydroxylation is 1. The Labute approximate surface area is 375 Å². The van der Waals surface area contributed by atoms with Crippen LogP contribution in [-0.4, -0.2) is 107 Å². The molecule has 5 aliphatic carbocycles. The van der Waals surface area contributed by atoms with Gasteiger partial charge in [0, 0.05) is 35.6 Å². The molecule has 5 heterocycles. The minimum Gasteiger partial charge on any atom is -0.508 e. The lowest BCUT2D eigenvalue weighted by Crippen LogP contribution is -2.68. The van der Waals surface area contributed by atoms with Gasteiger partial charge in [-0.05, 0) is 155 Å². The van der Waals surface area contributed by atoms with Gasteiger partial charge in [-0.2, -0.15) is 0 Å². The van der Waals surface area contributed by atoms with Crippen molar-refractivity contribution in [3.63, 3.8) is 0 Å². The summed E-state index contributed by atoms with van der Waals surface area (Å²) < 4.78 is 6.34. The summed E-state index contributed by atoms with van der Waals surface area (Å²) in [4.78, 5) is 32.2. The van der Waals surface area contributed by atoms with E-state index in [4.69, 9.17) is 4.74 Å². The standard InChI is InChI=1S/C49H71NO10S2/c1-27(2)28(3)40-41(60-40)45(5,58)38-13-17-49(59)34-24-39(55)48-26-36(54)35(53)25-44(48,4)32(34)12-16-47(38,49)15-11-29-21-30(23-31(52)22-29)50-19-18-46(42(50)56)14-7-6-9-33(46)37(10-8-20-51)61-62-43(48)57/h21-24,27-28,32-33,35-38,40-41,43,51-54,57-59H,6-20,25-26H2,1-5H3/t28-,32+,33-,35+,36-,37+,38-,40+,41-,43+,44-,45-,46-,47-,48+,49-/m1/s1. The molecule has 11 nitrogen and oxygen atoms in total. The first-order valence-corrected chi connectivity index (χ1v) is 26.1. The SMILES string of the molecule is CC(C)[C@@H](C)[C@@H]1O[C@H]1[C@](C)(O)[C@H]1CC[C@@]2(O)C3=CC(=O)[C@]45C[C@@H](O)[C@@H](O)C[C@]4(C)[C@H]3CC[C@]12CCc1cc(O)cc(c1)N1CC[C@@]2(CCCC[C@@H]2[C@H](CCCO)SS[C@@H]5O)C1=O. The third-order valence-corrected chi connectivity index (χ3v) is 22.1. The van der Waals surface area contributed by atoms with Gasteiger partial charge in [-0.3, -0.25) is 9.59 Å². The number of allylic oxidation sites excluding steroid dienone is 1. The fourth-order valence-corrected chi connectivity index (χ4v) is 18.9. The predicted molar refractivity (Wildman–Crippen MR) is 240 cm³/mol. The third kappa shape index (κ3) is 6.53. The second-order valence-corrected chi connectivity index (χ2v) is 24.6. The summed E-state index contributed by atoms with van der Waals surface area (Å²) in [6, 6.07) is 5.43. The number of rotatable bonds is 7. The largest absolute Gasteiger partial charge is 0.508 e. The lowest BCUT2D eigenvalue weighted by molar-refractivity contribution is -0.198. The summed E-state index contributed by atoms with van der Waals surface area (Å²) >= 11 is 0. The fraction of sp³-hybridized carbons (Fsp3) is 0.796. The molecule has 1 aromatic carbocycles. The topological polar surface area (TPSA) is 192 Å². The van der Waals surface area contributed by atoms with Crippen LogP contribution >= 0.6 is 21.6 Å². The highest BCUT2D eigenvalue weighted by Gasteiger charge is 2.75. The van der Waals surface area contributed by atoms with Gasteiger partial charge in [-0.15, -0.1) is 0 Å². The number of ketones is 1. The molecule has 0 unspecified atom stereocenters. The van der Waals surface area contributed by atoms with Crippen LogP contribution in [0, 0.1) is 51.2 Å². The Morgan fingerprint density at radius 1 is 0.952 bits per heavy atom. The number of nitrogens with zero attached hydrogens (tertiary/aromatic N) is 1. The van der Waals surface area contributed by atoms with Crippen LogP contribution < -0.4 is 4.90 Å². The maximum Gasteiger partial charge on any atom is 0.233 e. The van der Waals surface area contributed by atoms with Gasteiger partial charge in [0.05, 0.1) is 40.3 Å². The first-order chi connectivity index (χ1) is 29.3. The van der Waals surface area contributed by atoms with Gasteiger partial charge in [0.1, 0.15) is 17.3 Å². The van der Waals surface area contributed by atoms with E-state index in [-0.39, 0.29) is 60.1 Å². The Bertz CT molecular complexity index is 1960. The van der Waals surface area contributed by atoms with Crippen molar-refractivity contribution in [3.8, 4) is 5.75 Å². The van der Waals surface area contributed by atoms with Gasteiger partial charge >= 0.3 is 0 Å². The zero-order valence-electron chi connectivity index (χ0n) is 37.3. The Morgan fingerprint density at radius 3 is 2.45 bits per heavy atom. The van der Waals surface area contributed by atoms with E-state index in [1.807, 2.05) is 24.8 Å². The number of aliphatic hydroxyl groups is 6. The maximum absolute atomic E-state index is 15.4. The first-order valence-electron chi connectivity index (χ1n) is 23.8. The molecule has 6 fully saturated rings. The van der Waals surface area contributed by atoms with E-state index < -0.39 is 68.4 Å². The normalized spacial score (nSPS) is 45.6. The zero-order valence-corrected chi connectivity index (χ0v) is 38.9. The van der Waals surface area contributed by atoms with Gasteiger partial charge in [-0.1, -0.05) is 62.1 Å². The van der Waals surface area contributed by atoms with Crippen LogP contribution in [0.4, 0.5) is 5.69 Å². The number of aliphatic hydroxyl groups excluding tert-OH is 4. The van der Waals surface area contributed by atoms with Gasteiger partial charge in [0.25, 0.3) is 0 Å². The molecule has 11 rings (SSSR count). The molecule has 8 bridgehead atoms. The number of carbonyl (C=O) groups excluding carboxylic acids is 2. The average molecular weight is 898 g/mol. The number of amides is 1. The molecule has 5 aliphatic heterocycles. The van der Waals surface area contributed by atoms with Gasteiger partial charge in [-0.25, -0.2) is 0 Å². The number of fused-ring (bicyclic) bond motifs is 2. The van der Waals surface area contributed by atoms with Crippen LogP contribution in [0.2, 0.25) is 0 Å². The number of phenols is 1. The molecule has 62 heavy (non-hydrogen) atoms. The number of benzene rings is 1. The van der Waals surface area contributed by atoms with Gasteiger partial charge in [0.2, 0.25) is 5.91 Å². The number of epoxide rings is 1. The lowest BCUT2D eigenvalue weighted by atomic mass is 9.40. The number of aromatic hydroxyl groups is 1. The molecule has 0 radical (unpaired) electrons. The van der Waals surface area contributed by atoms with Crippen LogP contribution in [0.5, 0.6) is 5.75 Å². The fourth-order valence-electron chi connectivity index (χ4n) is 15.3. The Kier molecular flexibility index (Phi) is 11.7. The smallest absolute Gasteiger partial charge is 0.233 e. The molecule has 0 aromatic heterocycles. The highest BCUT2D eigenvalue weighted by atomic mass is 33.1. The maximum atomic E-state index is 15.4. The molecule has 2 saturated heterocycles. The first kappa shape index (κ1) is 45.5. The molecule has 10 aliphatic rings. The van der Waals surface area contributed by atoms with E-state index in [1.165, 1.54) is 21.6 Å². The molecule has 3 spiro atoms. The van der Waals surface area contributed by atoms with E-state index in [0.717, 1.165) is 31.2 Å². The summed E-state index contributed by atoms with van der Waals surface area (Å²) in [6.45, 7) is 10.8. The highest BCUT2D eigenvalue weighted by molar-refractivity contribution is 8.77. The van der Waals surface area contributed by atoms with Crippen molar-refractivity contribution in [2.24, 2.45) is 51.2 Å². The number of anilines is 1. The number of carbonyl (C=O) groups is 2. The summed E-state index contributed by atoms with van der Waals surface area (Å²) in [5.41, 5.74) is -6.14. The molecule has 1 aromatic rings. The van der Waals surface area contributed by atoms with Crippen molar-refractivity contribution in [2.45, 2.75) is 177 Å². The van der Waals surface area contributed by atoms with Crippen LogP contribution in [0.25, 0.3) is 0 Å². The van der Waals surface area contributed by atoms with E-state index in [9.17, 15) is 35.7 Å². The number of hydrogen-bond donors (Lipinski definition) is 7. The summed E-state index contributed by atoms with van der Waals surface area (Å²) in [5, 5.41) is 83.5. The number of hydrogen-bond acceptors (Lipinski definition) is 12. The van der Waals surface area contributed by atoms with Gasteiger partial charge < -0.3 is 45.4 Å². The average Bonchev–Trinajstić information content (AvgIpc) is 3.90. The minimum absolute atomic E-state index is 0.0119. The third-order valence-electron chi connectivity index (χ3n) is 19.0. The Morgan fingerprint density at radius 2 is 1.71 bits per heavy atom. The molecule has 1 amide bonds. The molecule has 13 heteroatoms. The molecular formula is C49H71NO10S2. The van der Waals surface area contributed by atoms with Crippen LogP contribution in [-0.2, 0) is 20.7 Å². The van der Waals surface area contributed by atoms with E-state index in [2.05, 4.69) is 20.8 Å². The lowest BCUT2D eigenvalue weighted by Gasteiger charge is -2.65. The van der Waals surface area contributed by atoms with Crippen molar-refractivity contribution < 1.29 is 50.1 Å². The highest BCUT2D eigenvalue weighted by Crippen LogP contribution is 2.74. The molecule has 344 valence electrons. The summed E-state index contributed by atoms with van der Waals surface area (Å²) in [7, 11) is 2.72. The molecular weight excluding hydrogens is 827 g/mol. The predicted octanol–water partition coefficient (Wildman–Crippen LogP) is 6.46. The van der Waals surface area contributed by atoms with Crippen molar-refractivity contribution >= 4 is 39.0 Å². The number of phenolic OH excluding ortho intramolecular Hbond substituents is 1. The Hall–Kier alpha value is -1.68. The van der Waals surface area contributed by atoms with Crippen LogP contribution in [0.3, 0.4) is 0 Å². The van der Waals surface area contributed by atoms with Crippen molar-refractivity contribution in [1.82, 2.24) is 0 Å².